The summed E-state index contributed by atoms with van der Waals surface area (Å²) in [6.07, 6.45) is 0. The van der Waals surface area contributed by atoms with Gasteiger partial charge in [-0.15, -0.1) is 0 Å². The molecule has 21 aromatic carbocycles. The quantitative estimate of drug-likeness (QED) is 0.0960. The fourth-order valence-electron chi connectivity index (χ4n) is 20.1. The summed E-state index contributed by atoms with van der Waals surface area (Å²) in [5, 5.41) is 16.6. The maximum Gasteiger partial charge on any atom is 0.136 e. The molecule has 0 unspecified atom stereocenters. The van der Waals surface area contributed by atoms with E-state index in [1.165, 1.54) is 76.1 Å². The van der Waals surface area contributed by atoms with E-state index in [2.05, 4.69) is 474 Å². The van der Waals surface area contributed by atoms with Crippen molar-refractivity contribution in [2.24, 2.45) is 0 Å². The molecule has 0 spiro atoms. The highest BCUT2D eigenvalue weighted by Gasteiger charge is 2.25. The zero-order chi connectivity index (χ0) is 82.9. The van der Waals surface area contributed by atoms with Crippen molar-refractivity contribution in [1.29, 1.82) is 0 Å². The molecule has 6 nitrogen and oxygen atoms in total. The molecule has 4 aromatic heterocycles. The minimum absolute atomic E-state index is 0.835. The van der Waals surface area contributed by atoms with Gasteiger partial charge in [-0.2, -0.15) is 0 Å². The van der Waals surface area contributed by atoms with E-state index in [9.17, 15) is 0 Å². The normalized spacial score (nSPS) is 11.8. The lowest BCUT2D eigenvalue weighted by Gasteiger charge is -2.29. The molecule has 0 bridgehead atoms. The van der Waals surface area contributed by atoms with Gasteiger partial charge in [-0.05, 0) is 262 Å². The van der Waals surface area contributed by atoms with Gasteiger partial charge in [0, 0.05) is 88.5 Å². The Hall–Kier alpha value is -16.8. The maximum absolute atomic E-state index is 6.99. The van der Waals surface area contributed by atoms with Crippen molar-refractivity contribution in [2.45, 2.75) is 0 Å². The lowest BCUT2D eigenvalue weighted by Crippen LogP contribution is -2.11. The van der Waals surface area contributed by atoms with Gasteiger partial charge in [0.2, 0.25) is 0 Å². The standard InChI is InChI=1S/C120H76N4O2/c1-2-28-96-86(22-1)75-109(101-30-4-3-29-100(96)101)106-35-9-11-40-110(106)122(90-64-50-78(51-65-90)80-54-68-92(69-55-80)124-113-43-14-7-33-104(113)105-34-8-15-44-114(105)124)94-27-18-24-85(74-94)99-39-21-47-117-120(99)108-71-59-87(76-118(108)126-117)95-37-19-25-83-72-82(58-70-97(83)95)81-56-62-89(63-57-81)121(93-26-17-23-84(73-93)98-38-20-46-116-119(98)107-36-10-16-45-115(107)125-116)88-60-48-77(49-61-88)79-52-66-91(67-53-79)123-111-41-12-5-31-102(111)103-32-6-13-42-112(103)123/h1-76H. The summed E-state index contributed by atoms with van der Waals surface area (Å²) in [4.78, 5) is 4.82. The van der Waals surface area contributed by atoms with E-state index in [1.54, 1.807) is 0 Å². The van der Waals surface area contributed by atoms with E-state index in [1.807, 2.05) is 6.07 Å². The molecule has 126 heavy (non-hydrogen) atoms. The van der Waals surface area contributed by atoms with Gasteiger partial charge < -0.3 is 27.8 Å². The zero-order valence-corrected chi connectivity index (χ0v) is 68.5. The smallest absolute Gasteiger partial charge is 0.136 e. The Balaban J connectivity index is 0.537. The fourth-order valence-corrected chi connectivity index (χ4v) is 20.1. The molecule has 25 rings (SSSR count). The summed E-state index contributed by atoms with van der Waals surface area (Å²) >= 11 is 0. The molecule has 0 saturated carbocycles. The summed E-state index contributed by atoms with van der Waals surface area (Å²) in [6, 6.07) is 168. The third-order valence-corrected chi connectivity index (χ3v) is 25.9. The van der Waals surface area contributed by atoms with Gasteiger partial charge in [-0.1, -0.05) is 303 Å². The molecule has 25 aromatic rings. The Kier molecular flexibility index (Phi) is 16.9. The average Bonchev–Trinajstić information content (AvgIpc) is 1.39. The van der Waals surface area contributed by atoms with Gasteiger partial charge in [0.25, 0.3) is 0 Å². The Morgan fingerprint density at radius 2 is 0.524 bits per heavy atom. The molecule has 0 amide bonds. The molecule has 588 valence electrons. The van der Waals surface area contributed by atoms with Crippen LogP contribution >= 0.6 is 0 Å². The number of anilines is 6. The van der Waals surface area contributed by atoms with Crippen molar-refractivity contribution in [3.05, 3.63) is 461 Å². The van der Waals surface area contributed by atoms with Crippen LogP contribution in [0.5, 0.6) is 0 Å². The molecule has 4 heterocycles. The maximum atomic E-state index is 6.99. The molecular weight excluding hydrogens is 1530 g/mol. The molecule has 0 saturated heterocycles. The Morgan fingerprint density at radius 1 is 0.167 bits per heavy atom. The van der Waals surface area contributed by atoms with Crippen LogP contribution in [-0.4, -0.2) is 9.13 Å². The highest BCUT2D eigenvalue weighted by molar-refractivity contribution is 6.18. The number of para-hydroxylation sites is 6. The number of rotatable bonds is 15. The number of furan rings is 2. The topological polar surface area (TPSA) is 42.6 Å². The summed E-state index contributed by atoms with van der Waals surface area (Å²) in [6.45, 7) is 0. The van der Waals surface area contributed by atoms with Gasteiger partial charge in [-0.25, -0.2) is 0 Å². The Labute approximate surface area is 727 Å². The predicted molar refractivity (Wildman–Crippen MR) is 530 cm³/mol. The Bertz CT molecular complexity index is 8540. The summed E-state index contributed by atoms with van der Waals surface area (Å²) in [5.74, 6) is 0. The van der Waals surface area contributed by atoms with Crippen molar-refractivity contribution >= 4 is 154 Å². The molecule has 0 aliphatic rings. The average molecular weight is 1610 g/mol. The second-order valence-corrected chi connectivity index (χ2v) is 33.0. The first-order valence-corrected chi connectivity index (χ1v) is 43.2. The van der Waals surface area contributed by atoms with Crippen LogP contribution in [0.3, 0.4) is 0 Å². The number of nitrogens with zero attached hydrogens (tertiary/aromatic N) is 4. The summed E-state index contributed by atoms with van der Waals surface area (Å²) < 4.78 is 18.2. The third-order valence-electron chi connectivity index (χ3n) is 25.9. The van der Waals surface area contributed by atoms with Crippen molar-refractivity contribution in [2.75, 3.05) is 9.80 Å². The zero-order valence-electron chi connectivity index (χ0n) is 68.5. The van der Waals surface area contributed by atoms with E-state index in [-0.39, 0.29) is 0 Å². The van der Waals surface area contributed by atoms with Gasteiger partial charge in [0.1, 0.15) is 22.3 Å². The van der Waals surface area contributed by atoms with Gasteiger partial charge in [0.15, 0.2) is 0 Å². The van der Waals surface area contributed by atoms with Crippen LogP contribution in [0.4, 0.5) is 34.1 Å². The highest BCUT2D eigenvalue weighted by atomic mass is 16.3. The first-order chi connectivity index (χ1) is 62.5. The first kappa shape index (κ1) is 72.1. The van der Waals surface area contributed by atoms with Gasteiger partial charge in [0.05, 0.1) is 27.8 Å². The first-order valence-electron chi connectivity index (χ1n) is 43.2. The van der Waals surface area contributed by atoms with Crippen LogP contribution < -0.4 is 9.80 Å². The number of aromatic nitrogens is 2. The summed E-state index contributed by atoms with van der Waals surface area (Å²) in [7, 11) is 0. The monoisotopic (exact) mass is 1600 g/mol. The molecule has 0 fully saturated rings. The summed E-state index contributed by atoms with van der Waals surface area (Å²) in [5.41, 5.74) is 32.5. The van der Waals surface area contributed by atoms with Crippen LogP contribution in [0.2, 0.25) is 0 Å². The molecule has 0 N–H and O–H groups in total. The molecule has 0 radical (unpaired) electrons. The van der Waals surface area contributed by atoms with E-state index in [4.69, 9.17) is 8.83 Å². The second-order valence-electron chi connectivity index (χ2n) is 33.0. The van der Waals surface area contributed by atoms with Gasteiger partial charge >= 0.3 is 0 Å². The minimum Gasteiger partial charge on any atom is -0.456 e. The fraction of sp³-hybridized carbons (Fsp3) is 0. The number of hydrogen-bond donors (Lipinski definition) is 0. The van der Waals surface area contributed by atoms with Crippen LogP contribution in [0.25, 0.3) is 209 Å². The van der Waals surface area contributed by atoms with Crippen LogP contribution in [-0.2, 0) is 0 Å². The molecule has 0 atom stereocenters. The van der Waals surface area contributed by atoms with Crippen molar-refractivity contribution in [1.82, 2.24) is 9.13 Å². The van der Waals surface area contributed by atoms with Crippen LogP contribution in [0.1, 0.15) is 0 Å². The Morgan fingerprint density at radius 3 is 1.09 bits per heavy atom. The van der Waals surface area contributed by atoms with E-state index in [0.29, 0.717) is 0 Å². The van der Waals surface area contributed by atoms with Crippen LogP contribution in [0.15, 0.2) is 470 Å². The number of benzene rings is 21. The third kappa shape index (κ3) is 12.0. The molecule has 6 heteroatoms. The molecule has 0 aliphatic carbocycles. The van der Waals surface area contributed by atoms with Gasteiger partial charge in [-0.3, -0.25) is 0 Å². The van der Waals surface area contributed by atoms with E-state index >= 15 is 0 Å². The lowest BCUT2D eigenvalue weighted by atomic mass is 9.92. The molecular formula is C120H76N4O2. The lowest BCUT2D eigenvalue weighted by molar-refractivity contribution is 0.668. The van der Waals surface area contributed by atoms with Crippen molar-refractivity contribution in [3.63, 3.8) is 0 Å². The number of hydrogen-bond acceptors (Lipinski definition) is 4. The van der Waals surface area contributed by atoms with E-state index in [0.717, 1.165) is 167 Å². The van der Waals surface area contributed by atoms with Crippen molar-refractivity contribution in [3.8, 4) is 89.3 Å². The SMILES string of the molecule is c1cc(-c2cccc3oc4ccccc4c23)cc(N(c2ccc(-c3ccc(-n4c5ccccc5c5ccccc54)cc3)cc2)c2ccc(-c3ccc4c(-c5ccc6c(c5)oc5cccc(-c7cccc(N(c8ccc(-c9ccc(-n%10c%11ccccc%11c%11ccccc%11%10)cc9)cc8)c8ccccc8-c8cc9ccccc9c9ccccc89)c7)c56)cccc4c3)cc2)c1. The number of fused-ring (bicyclic) bond motifs is 16. The van der Waals surface area contributed by atoms with E-state index < -0.39 is 0 Å². The molecule has 0 aliphatic heterocycles. The second kappa shape index (κ2) is 29.5. The minimum atomic E-state index is 0.835. The highest BCUT2D eigenvalue weighted by Crippen LogP contribution is 2.50. The van der Waals surface area contributed by atoms with Crippen molar-refractivity contribution < 1.29 is 8.83 Å². The largest absolute Gasteiger partial charge is 0.456 e. The predicted octanol–water partition coefficient (Wildman–Crippen LogP) is 33.7. The van der Waals surface area contributed by atoms with Crippen LogP contribution in [0, 0.1) is 0 Å².